The van der Waals surface area contributed by atoms with Crippen molar-refractivity contribution in [3.05, 3.63) is 178 Å². The van der Waals surface area contributed by atoms with Crippen LogP contribution in [0.1, 0.15) is 37.3 Å². The molecule has 36 heteroatoms. The number of nitrogens with zero attached hydrogens (tertiary/aromatic N) is 2. The lowest BCUT2D eigenvalue weighted by molar-refractivity contribution is -0.138. The summed E-state index contributed by atoms with van der Waals surface area (Å²) in [6.45, 7) is 5.64. The maximum Gasteiger partial charge on any atom is 0.222 e. The van der Waals surface area contributed by atoms with Gasteiger partial charge >= 0.3 is 0 Å². The second kappa shape index (κ2) is 34.9. The number of rotatable bonds is 8. The van der Waals surface area contributed by atoms with Crippen molar-refractivity contribution in [1.82, 2.24) is 9.80 Å². The molecule has 2 aliphatic heterocycles. The molecule has 12 rings (SSSR count). The largest absolute Gasteiger partial charge is 0.342 e. The second-order valence-corrected chi connectivity index (χ2v) is 51.8. The number of likely N-dealkylation sites (tertiary alicyclic amines) is 2. The summed E-state index contributed by atoms with van der Waals surface area (Å²) in [4.78, 5) is 135. The standard InChI is InChI=1S/C28H21NO5S.C27H20N2O5S.S11.S10/c1-2-14-12-29(13-14)20(30)10-8-15-7-9-18-19(11-15)24(32)22-21-23(31)16-5-3-4-6-17(16)25(33)27(21)35-28(22)26(18)34;28-10-14-11-29(12-14)19(30)8-6-13-5-7-17-18(9-13)23(32)21-20-22(31)15-3-1-2-4-16(15)24(33)26(20)35-27(21)25(17)34;1-3-5-7-9-11-10-8-6-4-2;1-3-5-7-9-10-8-6-4-2/h3-7,9,11,14H,2,8,10,12-13H2,1H3;1-5,7,9,14H,6,8,10-12,28H2;;. The first-order valence-corrected chi connectivity index (χ1v) is 53.3. The zero-order valence-corrected chi connectivity index (χ0v) is 65.0. The summed E-state index contributed by atoms with van der Waals surface area (Å²) in [7, 11) is 27.2. The first kappa shape index (κ1) is 72.4. The lowest BCUT2D eigenvalue weighted by Gasteiger charge is -2.39. The maximum atomic E-state index is 13.6. The first-order valence-electron chi connectivity index (χ1n) is 26.3. The van der Waals surface area contributed by atoms with Gasteiger partial charge in [0.25, 0.3) is 0 Å². The Bertz CT molecular complexity index is 5640. The lowest BCUT2D eigenvalue weighted by atomic mass is 9.96. The van der Waals surface area contributed by atoms with Crippen molar-refractivity contribution in [2.75, 3.05) is 32.7 Å². The molecular formula is C55H41N3O10S23. The summed E-state index contributed by atoms with van der Waals surface area (Å²) >= 11 is 20.5. The van der Waals surface area contributed by atoms with Gasteiger partial charge < -0.3 is 15.5 Å². The average molecular weight is 1640 g/mol. The molecule has 2 aromatic heterocycles. The van der Waals surface area contributed by atoms with Crippen molar-refractivity contribution >= 4 is 314 Å². The van der Waals surface area contributed by atoms with Gasteiger partial charge in [-0.3, -0.25) is 47.9 Å². The van der Waals surface area contributed by atoms with E-state index in [1.165, 1.54) is 35.5 Å². The van der Waals surface area contributed by atoms with Crippen molar-refractivity contribution < 1.29 is 9.59 Å². The van der Waals surface area contributed by atoms with Gasteiger partial charge in [0.05, 0.1) is 40.3 Å². The minimum atomic E-state index is -0.436. The molecule has 2 aliphatic rings. The lowest BCUT2D eigenvalue weighted by Crippen LogP contribution is -2.52. The molecule has 4 heterocycles. The number of amides is 2. The average Bonchev–Trinajstić information content (AvgIpc) is 1.60. The molecule has 10 aromatic rings. The van der Waals surface area contributed by atoms with Crippen LogP contribution in [-0.2, 0) is 218 Å². The highest BCUT2D eigenvalue weighted by Gasteiger charge is 2.30. The number of carbonyl (C=O) groups is 2. The van der Waals surface area contributed by atoms with Gasteiger partial charge in [0.2, 0.25) is 33.5 Å². The van der Waals surface area contributed by atoms with Crippen LogP contribution in [0.25, 0.3) is 83.4 Å². The van der Waals surface area contributed by atoms with Crippen LogP contribution in [0.5, 0.6) is 0 Å². The van der Waals surface area contributed by atoms with Crippen LogP contribution in [0.3, 0.4) is 0 Å². The highest BCUT2D eigenvalue weighted by molar-refractivity contribution is 8.74. The van der Waals surface area contributed by atoms with Gasteiger partial charge in [0, 0.05) is 284 Å². The van der Waals surface area contributed by atoms with E-state index in [4.69, 9.17) is 5.73 Å². The van der Waals surface area contributed by atoms with Crippen molar-refractivity contribution in [2.24, 2.45) is 17.6 Å². The molecule has 0 aliphatic carbocycles. The van der Waals surface area contributed by atoms with Gasteiger partial charge in [-0.25, -0.2) is 0 Å². The molecule has 91 heavy (non-hydrogen) atoms. The van der Waals surface area contributed by atoms with Crippen LogP contribution in [0.4, 0.5) is 0 Å². The fourth-order valence-corrected chi connectivity index (χ4v) is 48.4. The van der Waals surface area contributed by atoms with E-state index in [0.29, 0.717) is 62.5 Å². The summed E-state index contributed by atoms with van der Waals surface area (Å²) in [6.07, 6.45) is 2.58. The van der Waals surface area contributed by atoms with Gasteiger partial charge in [-0.05, 0) is 67.1 Å². The van der Waals surface area contributed by atoms with Gasteiger partial charge in [0.1, 0.15) is 0 Å². The number of fused-ring (bicyclic) bond motifs is 10. The molecule has 2 fully saturated rings. The number of carbonyl (C=O) groups excluding carboxylic acids is 2. The molecule has 0 bridgehead atoms. The van der Waals surface area contributed by atoms with E-state index >= 15 is 0 Å². The molecule has 0 atom stereocenters. The van der Waals surface area contributed by atoms with Crippen LogP contribution in [0.2, 0.25) is 0 Å². The van der Waals surface area contributed by atoms with E-state index in [1.807, 2.05) is 4.90 Å². The van der Waals surface area contributed by atoms with Gasteiger partial charge in [-0.15, -0.1) is 22.7 Å². The molecule has 13 nitrogen and oxygen atoms in total. The van der Waals surface area contributed by atoms with Crippen molar-refractivity contribution in [1.29, 1.82) is 0 Å². The smallest absolute Gasteiger partial charge is 0.222 e. The second-order valence-electron chi connectivity index (χ2n) is 19.6. The van der Waals surface area contributed by atoms with Gasteiger partial charge in [-0.1, -0.05) is 67.6 Å². The Kier molecular flexibility index (Phi) is 27.8. The minimum absolute atomic E-state index is 0.0250. The van der Waals surface area contributed by atoms with Crippen molar-refractivity contribution in [3.63, 3.8) is 0 Å². The molecule has 2 amide bonds. The Hall–Kier alpha value is -2.84. The third kappa shape index (κ3) is 16.8. The molecule has 8 aromatic carbocycles. The first-order chi connectivity index (χ1) is 44.1. The summed E-state index contributed by atoms with van der Waals surface area (Å²) in [5, 5.41) is 2.16. The summed E-state index contributed by atoms with van der Waals surface area (Å²) in [6, 6.07) is 23.0. The highest BCUT2D eigenvalue weighted by Crippen LogP contribution is 2.31. The fourth-order valence-electron chi connectivity index (χ4n) is 10.3. The third-order valence-corrected chi connectivity index (χ3v) is 50.4. The van der Waals surface area contributed by atoms with E-state index in [2.05, 4.69) is 51.7 Å². The molecule has 0 spiro atoms. The Balaban J connectivity index is 0.000000165. The zero-order valence-electron chi connectivity index (χ0n) is 46.3. The maximum absolute atomic E-state index is 13.6. The molecular weight excluding hydrogens is 1600 g/mol. The normalized spacial score (nSPS) is 12.6. The molecule has 0 unspecified atom stereocenters. The predicted molar refractivity (Wildman–Crippen MR) is 434 cm³/mol. The molecule has 2 saturated heterocycles. The number of thiophene rings is 2. The zero-order chi connectivity index (χ0) is 64.9. The Morgan fingerprint density at radius 1 is 0.407 bits per heavy atom. The van der Waals surface area contributed by atoms with E-state index in [9.17, 15) is 47.9 Å². The van der Waals surface area contributed by atoms with E-state index in [1.54, 1.807) is 205 Å². The molecule has 474 valence electrons. The summed E-state index contributed by atoms with van der Waals surface area (Å²) < 4.78 is 0.577. The number of benzene rings is 8. The minimum Gasteiger partial charge on any atom is -0.342 e. The Morgan fingerprint density at radius 3 is 0.978 bits per heavy atom. The third-order valence-electron chi connectivity index (χ3n) is 14.7. The van der Waals surface area contributed by atoms with Crippen molar-refractivity contribution in [2.45, 2.75) is 39.0 Å². The SMILES string of the molecule is CCC1CN(C(=O)CCc2ccc3c(=O)c4sc5c(=O)c6ccccc6c(=O)c5c4c(=O)c3c2)C1.NCC1CN(C(=O)CCc2ccc3c(=O)c4sc5c(=O)c6ccccc6c(=O)c5c4c(=O)c3c2)C1.S=S=S=S=S=S=S=S=S=S.S=S=S=S=S=S=S=S=S=S=S. The van der Waals surface area contributed by atoms with E-state index in [-0.39, 0.29) is 112 Å². The molecule has 0 saturated carbocycles. The van der Waals surface area contributed by atoms with E-state index in [0.717, 1.165) is 53.3 Å². The van der Waals surface area contributed by atoms with Crippen LogP contribution >= 0.6 is 22.7 Å². The number of aryl methyl sites for hydroxylation is 2. The molecule has 0 radical (unpaired) electrons. The van der Waals surface area contributed by atoms with Crippen LogP contribution < -0.4 is 49.2 Å². The van der Waals surface area contributed by atoms with E-state index < -0.39 is 21.7 Å². The topological polar surface area (TPSA) is 203 Å². The molecule has 2 N–H and O–H groups in total. The van der Waals surface area contributed by atoms with Crippen LogP contribution in [-0.4, -0.2) is 54.3 Å². The number of hydrogen-bond donors (Lipinski definition) is 1. The predicted octanol–water partition coefficient (Wildman–Crippen LogP) is 5.45. The quantitative estimate of drug-likeness (QED) is 0.201. The highest BCUT2D eigenvalue weighted by atomic mass is 33.4. The number of nitrogens with two attached hydrogens (primary N) is 1. The number of hydrogen-bond acceptors (Lipinski definition) is 17. The van der Waals surface area contributed by atoms with Crippen LogP contribution in [0, 0.1) is 11.8 Å². The van der Waals surface area contributed by atoms with Crippen molar-refractivity contribution in [3.8, 4) is 0 Å². The Morgan fingerprint density at radius 2 is 0.681 bits per heavy atom. The monoisotopic (exact) mass is 1640 g/mol. The van der Waals surface area contributed by atoms with Gasteiger partial charge in [0.15, 0.2) is 21.7 Å². The van der Waals surface area contributed by atoms with Crippen LogP contribution in [0.15, 0.2) is 123 Å². The summed E-state index contributed by atoms with van der Waals surface area (Å²) in [5.41, 5.74) is 4.09. The Labute approximate surface area is 592 Å². The summed E-state index contributed by atoms with van der Waals surface area (Å²) in [5.74, 6) is 1.07. The van der Waals surface area contributed by atoms with Gasteiger partial charge in [-0.2, -0.15) is 0 Å². The fraction of sp³-hybridized carbons (Fsp3) is 0.236.